The van der Waals surface area contributed by atoms with Crippen molar-refractivity contribution in [2.24, 2.45) is 0 Å². The maximum absolute atomic E-state index is 9.82. The minimum absolute atomic E-state index is 0.313. The number of aryl methyl sites for hydroxylation is 1. The molecule has 1 unspecified atom stereocenters. The Labute approximate surface area is 125 Å². The van der Waals surface area contributed by atoms with E-state index in [1.54, 1.807) is 6.07 Å². The Morgan fingerprint density at radius 3 is 2.75 bits per heavy atom. The number of hydrogen-bond acceptors (Lipinski definition) is 2. The topological polar surface area (TPSA) is 32.3 Å². The van der Waals surface area contributed by atoms with E-state index in [1.165, 1.54) is 5.56 Å². The number of phenols is 1. The first-order chi connectivity index (χ1) is 9.54. The third kappa shape index (κ3) is 4.26. The van der Waals surface area contributed by atoms with Crippen LogP contribution in [0.3, 0.4) is 0 Å². The molecule has 0 saturated carbocycles. The van der Waals surface area contributed by atoms with Crippen LogP contribution in [-0.4, -0.2) is 11.1 Å². The molecular formula is C17H20ClNO. The second-order valence-corrected chi connectivity index (χ2v) is 5.68. The van der Waals surface area contributed by atoms with Crippen LogP contribution in [0.15, 0.2) is 42.5 Å². The summed E-state index contributed by atoms with van der Waals surface area (Å²) in [6.45, 7) is 4.82. The molecule has 0 radical (unpaired) electrons. The van der Waals surface area contributed by atoms with Crippen molar-refractivity contribution >= 4 is 11.6 Å². The SMILES string of the molecule is Cc1ccc(O)c(CNC(C)Cc2cccc(Cl)c2)c1. The summed E-state index contributed by atoms with van der Waals surface area (Å²) < 4.78 is 0. The molecular weight excluding hydrogens is 270 g/mol. The maximum atomic E-state index is 9.82. The summed E-state index contributed by atoms with van der Waals surface area (Å²) in [7, 11) is 0. The molecule has 2 aromatic rings. The van der Waals surface area contributed by atoms with Crippen LogP contribution in [0.4, 0.5) is 0 Å². The van der Waals surface area contributed by atoms with Gasteiger partial charge in [-0.3, -0.25) is 0 Å². The largest absolute Gasteiger partial charge is 0.508 e. The Balaban J connectivity index is 1.92. The van der Waals surface area contributed by atoms with Gasteiger partial charge in [0.15, 0.2) is 0 Å². The number of hydrogen-bond donors (Lipinski definition) is 2. The summed E-state index contributed by atoms with van der Waals surface area (Å²) in [6, 6.07) is 13.9. The predicted octanol–water partition coefficient (Wildman–Crippen LogP) is 4.07. The van der Waals surface area contributed by atoms with Gasteiger partial charge in [-0.05, 0) is 44.0 Å². The van der Waals surface area contributed by atoms with Crippen molar-refractivity contribution < 1.29 is 5.11 Å². The molecule has 0 heterocycles. The number of rotatable bonds is 5. The van der Waals surface area contributed by atoms with Gasteiger partial charge in [-0.2, -0.15) is 0 Å². The van der Waals surface area contributed by atoms with E-state index in [0.29, 0.717) is 18.3 Å². The fourth-order valence-corrected chi connectivity index (χ4v) is 2.44. The second-order valence-electron chi connectivity index (χ2n) is 5.25. The minimum atomic E-state index is 0.313. The van der Waals surface area contributed by atoms with E-state index >= 15 is 0 Å². The molecule has 2 aromatic carbocycles. The highest BCUT2D eigenvalue weighted by Gasteiger charge is 2.06. The summed E-state index contributed by atoms with van der Waals surface area (Å²) in [4.78, 5) is 0. The van der Waals surface area contributed by atoms with Crippen molar-refractivity contribution in [2.75, 3.05) is 0 Å². The van der Waals surface area contributed by atoms with Crippen LogP contribution in [0, 0.1) is 6.92 Å². The zero-order valence-electron chi connectivity index (χ0n) is 11.9. The number of halogens is 1. The first-order valence-corrected chi connectivity index (χ1v) is 7.18. The number of aromatic hydroxyl groups is 1. The highest BCUT2D eigenvalue weighted by molar-refractivity contribution is 6.30. The molecule has 0 fully saturated rings. The Kier molecular flexibility index (Phi) is 5.05. The molecule has 2 rings (SSSR count). The lowest BCUT2D eigenvalue weighted by atomic mass is 10.1. The van der Waals surface area contributed by atoms with Gasteiger partial charge in [0, 0.05) is 23.2 Å². The van der Waals surface area contributed by atoms with Crippen LogP contribution in [-0.2, 0) is 13.0 Å². The van der Waals surface area contributed by atoms with Gasteiger partial charge in [0.25, 0.3) is 0 Å². The van der Waals surface area contributed by atoms with Crippen molar-refractivity contribution in [1.29, 1.82) is 0 Å². The van der Waals surface area contributed by atoms with E-state index in [9.17, 15) is 5.11 Å². The van der Waals surface area contributed by atoms with Crippen LogP contribution in [0.5, 0.6) is 5.75 Å². The van der Waals surface area contributed by atoms with Gasteiger partial charge < -0.3 is 10.4 Å². The van der Waals surface area contributed by atoms with E-state index in [4.69, 9.17) is 11.6 Å². The number of nitrogens with one attached hydrogen (secondary N) is 1. The Morgan fingerprint density at radius 2 is 2.00 bits per heavy atom. The van der Waals surface area contributed by atoms with Crippen molar-refractivity contribution in [2.45, 2.75) is 32.9 Å². The minimum Gasteiger partial charge on any atom is -0.508 e. The Hall–Kier alpha value is -1.51. The van der Waals surface area contributed by atoms with Crippen LogP contribution in [0.2, 0.25) is 5.02 Å². The molecule has 20 heavy (non-hydrogen) atoms. The smallest absolute Gasteiger partial charge is 0.120 e. The molecule has 0 aliphatic heterocycles. The Morgan fingerprint density at radius 1 is 1.20 bits per heavy atom. The van der Waals surface area contributed by atoms with E-state index in [2.05, 4.69) is 18.3 Å². The molecule has 0 aliphatic carbocycles. The van der Waals surface area contributed by atoms with Gasteiger partial charge in [0.2, 0.25) is 0 Å². The molecule has 3 heteroatoms. The van der Waals surface area contributed by atoms with Crippen LogP contribution >= 0.6 is 11.6 Å². The van der Waals surface area contributed by atoms with Crippen LogP contribution in [0.25, 0.3) is 0 Å². The third-order valence-electron chi connectivity index (χ3n) is 3.31. The lowest BCUT2D eigenvalue weighted by Crippen LogP contribution is -2.27. The van der Waals surface area contributed by atoms with Crippen molar-refractivity contribution in [3.8, 4) is 5.75 Å². The number of phenolic OH excluding ortho intramolecular Hbond substituents is 1. The first kappa shape index (κ1) is 14.9. The van der Waals surface area contributed by atoms with Crippen molar-refractivity contribution in [1.82, 2.24) is 5.32 Å². The summed E-state index contributed by atoms with van der Waals surface area (Å²) in [5, 5.41) is 14.0. The maximum Gasteiger partial charge on any atom is 0.120 e. The standard InChI is InChI=1S/C17H20ClNO/c1-12-6-7-17(20)15(8-12)11-19-13(2)9-14-4-3-5-16(18)10-14/h3-8,10,13,19-20H,9,11H2,1-2H3. The summed E-state index contributed by atoms with van der Waals surface area (Å²) in [6.07, 6.45) is 0.910. The number of benzene rings is 2. The fraction of sp³-hybridized carbons (Fsp3) is 0.294. The average Bonchev–Trinajstić information content (AvgIpc) is 2.40. The molecule has 0 aromatic heterocycles. The molecule has 0 amide bonds. The molecule has 0 saturated heterocycles. The normalized spacial score (nSPS) is 12.3. The fourth-order valence-electron chi connectivity index (χ4n) is 2.23. The Bertz CT molecular complexity index is 583. The molecule has 0 bridgehead atoms. The predicted molar refractivity (Wildman–Crippen MR) is 84.3 cm³/mol. The van der Waals surface area contributed by atoms with E-state index in [0.717, 1.165) is 22.6 Å². The zero-order chi connectivity index (χ0) is 14.5. The monoisotopic (exact) mass is 289 g/mol. The van der Waals surface area contributed by atoms with Crippen LogP contribution < -0.4 is 5.32 Å². The zero-order valence-corrected chi connectivity index (χ0v) is 12.6. The van der Waals surface area contributed by atoms with Gasteiger partial charge in [0.1, 0.15) is 5.75 Å². The highest BCUT2D eigenvalue weighted by atomic mass is 35.5. The molecule has 1 atom stereocenters. The molecule has 2 nitrogen and oxygen atoms in total. The highest BCUT2D eigenvalue weighted by Crippen LogP contribution is 2.18. The van der Waals surface area contributed by atoms with E-state index in [1.807, 2.05) is 37.3 Å². The summed E-state index contributed by atoms with van der Waals surface area (Å²) in [5.41, 5.74) is 3.30. The summed E-state index contributed by atoms with van der Waals surface area (Å²) >= 11 is 5.99. The van der Waals surface area contributed by atoms with Gasteiger partial charge in [0.05, 0.1) is 0 Å². The van der Waals surface area contributed by atoms with Gasteiger partial charge in [-0.15, -0.1) is 0 Å². The molecule has 106 valence electrons. The lowest BCUT2D eigenvalue weighted by Gasteiger charge is -2.15. The second kappa shape index (κ2) is 6.78. The molecule has 0 spiro atoms. The van der Waals surface area contributed by atoms with Crippen LogP contribution in [0.1, 0.15) is 23.6 Å². The van der Waals surface area contributed by atoms with Gasteiger partial charge >= 0.3 is 0 Å². The van der Waals surface area contributed by atoms with E-state index in [-0.39, 0.29) is 0 Å². The first-order valence-electron chi connectivity index (χ1n) is 6.81. The quantitative estimate of drug-likeness (QED) is 0.869. The third-order valence-corrected chi connectivity index (χ3v) is 3.54. The molecule has 2 N–H and O–H groups in total. The average molecular weight is 290 g/mol. The van der Waals surface area contributed by atoms with Gasteiger partial charge in [-0.25, -0.2) is 0 Å². The van der Waals surface area contributed by atoms with E-state index < -0.39 is 0 Å². The van der Waals surface area contributed by atoms with Crippen molar-refractivity contribution in [3.05, 3.63) is 64.2 Å². The lowest BCUT2D eigenvalue weighted by molar-refractivity contribution is 0.458. The molecule has 0 aliphatic rings. The summed E-state index contributed by atoms with van der Waals surface area (Å²) in [5.74, 6) is 0.345. The van der Waals surface area contributed by atoms with Gasteiger partial charge in [-0.1, -0.05) is 41.4 Å². The van der Waals surface area contributed by atoms with Crippen molar-refractivity contribution in [3.63, 3.8) is 0 Å².